The van der Waals surface area contributed by atoms with Crippen molar-refractivity contribution in [3.05, 3.63) is 93.2 Å². The van der Waals surface area contributed by atoms with Gasteiger partial charge in [-0.3, -0.25) is 9.59 Å². The molecule has 258 valence electrons. The first-order valence-corrected chi connectivity index (χ1v) is 18.7. The van der Waals surface area contributed by atoms with Gasteiger partial charge in [0, 0.05) is 28.7 Å². The highest BCUT2D eigenvalue weighted by Crippen LogP contribution is 2.49. The lowest BCUT2D eigenvalue weighted by Gasteiger charge is -2.42. The van der Waals surface area contributed by atoms with Gasteiger partial charge >= 0.3 is 0 Å². The fraction of sp³-hybridized carbons (Fsp3) is 0.459. The van der Waals surface area contributed by atoms with E-state index in [-0.39, 0.29) is 35.4 Å². The Kier molecular flexibility index (Phi) is 10.8. The highest BCUT2D eigenvalue weighted by atomic mass is 35.5. The highest BCUT2D eigenvalue weighted by Gasteiger charge is 2.50. The second-order valence-corrected chi connectivity index (χ2v) is 17.6. The molecule has 1 heterocycles. The van der Waals surface area contributed by atoms with E-state index in [1.807, 2.05) is 37.3 Å². The van der Waals surface area contributed by atoms with Crippen molar-refractivity contribution >= 4 is 50.4 Å². The van der Waals surface area contributed by atoms with Gasteiger partial charge in [-0.05, 0) is 106 Å². The maximum Gasteiger partial charge on any atom is 0.234 e. The zero-order valence-electron chi connectivity index (χ0n) is 27.9. The van der Waals surface area contributed by atoms with E-state index >= 15 is 4.39 Å². The number of ketones is 1. The van der Waals surface area contributed by atoms with Crippen LogP contribution in [0.15, 0.2) is 60.7 Å². The van der Waals surface area contributed by atoms with Crippen LogP contribution in [0.25, 0.3) is 0 Å². The minimum absolute atomic E-state index is 0.0644. The lowest BCUT2D eigenvalue weighted by atomic mass is 9.82. The molecule has 0 radical (unpaired) electrons. The molecule has 7 nitrogen and oxygen atoms in total. The number of nitrogens with zero attached hydrogens (tertiary/aromatic N) is 1. The van der Waals surface area contributed by atoms with Crippen LogP contribution in [0.5, 0.6) is 5.75 Å². The van der Waals surface area contributed by atoms with Crippen LogP contribution in [0.2, 0.25) is 10.0 Å². The topological polar surface area (TPSA) is 92.8 Å². The number of hydrogen-bond donors (Lipinski definition) is 1. The quantitative estimate of drug-likeness (QED) is 0.201. The average molecular weight is 718 g/mol. The number of nitrogens with one attached hydrogen (secondary N) is 1. The molecule has 0 aromatic heterocycles. The van der Waals surface area contributed by atoms with Crippen LogP contribution in [-0.4, -0.2) is 55.2 Å². The summed E-state index contributed by atoms with van der Waals surface area (Å²) in [4.78, 5) is 30.6. The third-order valence-electron chi connectivity index (χ3n) is 9.67. The normalized spacial score (nSPS) is 21.0. The van der Waals surface area contributed by atoms with Crippen LogP contribution in [0.4, 0.5) is 10.1 Å². The van der Waals surface area contributed by atoms with Gasteiger partial charge in [0.15, 0.2) is 15.6 Å². The number of anilines is 1. The first-order chi connectivity index (χ1) is 22.6. The number of carbonyl (C=O) groups is 2. The van der Waals surface area contributed by atoms with Crippen molar-refractivity contribution in [1.29, 1.82) is 0 Å². The summed E-state index contributed by atoms with van der Waals surface area (Å²) in [7, 11) is -2.13. The van der Waals surface area contributed by atoms with Crippen molar-refractivity contribution in [2.45, 2.75) is 76.1 Å². The van der Waals surface area contributed by atoms with Crippen LogP contribution in [0.1, 0.15) is 75.1 Å². The van der Waals surface area contributed by atoms with Crippen LogP contribution >= 0.6 is 23.2 Å². The molecule has 48 heavy (non-hydrogen) atoms. The van der Waals surface area contributed by atoms with Crippen molar-refractivity contribution in [3.63, 3.8) is 0 Å². The third-order valence-corrected chi connectivity index (χ3v) is 12.9. The van der Waals surface area contributed by atoms with E-state index in [0.717, 1.165) is 24.0 Å². The summed E-state index contributed by atoms with van der Waals surface area (Å²) in [5.74, 6) is -2.57. The molecule has 1 saturated carbocycles. The number of carbonyl (C=O) groups excluding carboxylic acids is 2. The maximum atomic E-state index is 15.2. The van der Waals surface area contributed by atoms with Crippen molar-refractivity contribution in [2.75, 3.05) is 24.7 Å². The highest BCUT2D eigenvalue weighted by molar-refractivity contribution is 7.92. The number of ether oxygens (including phenoxy) is 1. The van der Waals surface area contributed by atoms with E-state index in [4.69, 9.17) is 27.9 Å². The smallest absolute Gasteiger partial charge is 0.234 e. The number of Topliss-reactive ketones (excluding diaryl/α,β-unsaturated/α-hetero) is 1. The monoisotopic (exact) mass is 716 g/mol. The van der Waals surface area contributed by atoms with Gasteiger partial charge in [0.05, 0.1) is 41.1 Å². The summed E-state index contributed by atoms with van der Waals surface area (Å²) in [6.07, 6.45) is 2.11. The lowest BCUT2D eigenvalue weighted by Crippen LogP contribution is -2.52. The van der Waals surface area contributed by atoms with Crippen molar-refractivity contribution < 1.29 is 27.1 Å². The molecule has 2 fully saturated rings. The van der Waals surface area contributed by atoms with Gasteiger partial charge in [-0.25, -0.2) is 12.8 Å². The molecule has 4 atom stereocenters. The van der Waals surface area contributed by atoms with Crippen LogP contribution in [-0.2, 0) is 19.4 Å². The Labute approximate surface area is 293 Å². The lowest BCUT2D eigenvalue weighted by molar-refractivity contribution is -0.144. The van der Waals surface area contributed by atoms with Gasteiger partial charge in [0.2, 0.25) is 5.91 Å². The third kappa shape index (κ3) is 7.84. The number of methoxy groups -OCH3 is 1. The summed E-state index contributed by atoms with van der Waals surface area (Å²) >= 11 is 12.6. The number of amides is 1. The molecular formula is C37H43Cl2FN2O5S. The van der Waals surface area contributed by atoms with Gasteiger partial charge in [-0.15, -0.1) is 0 Å². The molecule has 2 aliphatic rings. The fourth-order valence-electron chi connectivity index (χ4n) is 6.62. The van der Waals surface area contributed by atoms with Crippen molar-refractivity contribution in [3.8, 4) is 5.75 Å². The van der Waals surface area contributed by atoms with Crippen molar-refractivity contribution in [2.24, 2.45) is 11.8 Å². The molecule has 11 heteroatoms. The zero-order valence-corrected chi connectivity index (χ0v) is 30.3. The summed E-state index contributed by atoms with van der Waals surface area (Å²) in [5, 5.41) is 3.58. The maximum absolute atomic E-state index is 15.2. The van der Waals surface area contributed by atoms with E-state index in [2.05, 4.69) is 5.32 Å². The molecule has 1 aliphatic carbocycles. The first-order valence-electron chi connectivity index (χ1n) is 16.3. The zero-order chi connectivity index (χ0) is 35.0. The summed E-state index contributed by atoms with van der Waals surface area (Å²) in [5.41, 5.74) is 2.90. The number of rotatable bonds is 11. The van der Waals surface area contributed by atoms with E-state index in [0.29, 0.717) is 28.4 Å². The Morgan fingerprint density at radius 2 is 1.75 bits per heavy atom. The average Bonchev–Trinajstić information content (AvgIpc) is 3.88. The number of aryl methyl sites for hydroxylation is 1. The SMILES string of the molecule is COc1cc(NCC(=O)C2CC[C@H](c3cccc(Cl)c3)[C@@H](c3ccc(Cl)c(F)c3)N([C@H](CS(=O)(=O)C(C)(C)C)C3CC3)C2=O)ccc1C. The standard InChI is InChI=1S/C37H43Cl2FN2O5S/c1-22-9-13-27(19-34(22)47-5)41-20-33(43)29-15-14-28(24-7-6-8-26(38)17-24)35(25-12-16-30(39)31(40)18-25)42(36(29)44)32(23-10-11-23)21-48(45,46)37(2,3)4/h6-9,12-13,16-19,23,28-29,32,35,41H,10-11,14-15,20-21H2,1-5H3/t28-,29?,32-,35-/m1/s1. The number of benzene rings is 3. The molecule has 1 amide bonds. The Hall–Kier alpha value is -3.14. The second-order valence-electron chi connectivity index (χ2n) is 14.0. The predicted octanol–water partition coefficient (Wildman–Crippen LogP) is 8.19. The number of halogens is 3. The number of hydrogen-bond acceptors (Lipinski definition) is 6. The molecule has 1 saturated heterocycles. The van der Waals surface area contributed by atoms with Crippen LogP contribution < -0.4 is 10.1 Å². The molecule has 1 aliphatic heterocycles. The Bertz CT molecular complexity index is 1790. The molecule has 5 rings (SSSR count). The molecule has 0 spiro atoms. The Morgan fingerprint density at radius 1 is 1.02 bits per heavy atom. The van der Waals surface area contributed by atoms with Crippen LogP contribution in [0, 0.1) is 24.6 Å². The molecular weight excluding hydrogens is 674 g/mol. The largest absolute Gasteiger partial charge is 0.496 e. The van der Waals surface area contributed by atoms with E-state index in [9.17, 15) is 18.0 Å². The van der Waals surface area contributed by atoms with Gasteiger partial charge in [0.25, 0.3) is 0 Å². The van der Waals surface area contributed by atoms with E-state index < -0.39 is 50.2 Å². The molecule has 3 aromatic carbocycles. The molecule has 1 N–H and O–H groups in total. The number of sulfone groups is 1. The summed E-state index contributed by atoms with van der Waals surface area (Å²) in [6.45, 7) is 6.75. The predicted molar refractivity (Wildman–Crippen MR) is 189 cm³/mol. The molecule has 1 unspecified atom stereocenters. The molecule has 3 aromatic rings. The first kappa shape index (κ1) is 36.1. The van der Waals surface area contributed by atoms with Crippen molar-refractivity contribution in [1.82, 2.24) is 4.90 Å². The van der Waals surface area contributed by atoms with Crippen LogP contribution in [0.3, 0.4) is 0 Å². The second kappa shape index (κ2) is 14.4. The number of likely N-dealkylation sites (tertiary alicyclic amines) is 1. The van der Waals surface area contributed by atoms with Gasteiger partial charge in [-0.2, -0.15) is 0 Å². The summed E-state index contributed by atoms with van der Waals surface area (Å²) in [6, 6.07) is 15.8. The fourth-order valence-corrected chi connectivity index (χ4v) is 8.32. The molecule has 0 bridgehead atoms. The Morgan fingerprint density at radius 3 is 2.38 bits per heavy atom. The van der Waals surface area contributed by atoms with E-state index in [1.54, 1.807) is 51.0 Å². The summed E-state index contributed by atoms with van der Waals surface area (Å²) < 4.78 is 47.1. The minimum atomic E-state index is -3.71. The minimum Gasteiger partial charge on any atom is -0.496 e. The van der Waals surface area contributed by atoms with Gasteiger partial charge in [-0.1, -0.05) is 47.5 Å². The van der Waals surface area contributed by atoms with E-state index in [1.165, 1.54) is 12.1 Å². The van der Waals surface area contributed by atoms with Gasteiger partial charge in [0.1, 0.15) is 11.6 Å². The Balaban J connectivity index is 1.62. The van der Waals surface area contributed by atoms with Gasteiger partial charge < -0.3 is 15.0 Å².